The highest BCUT2D eigenvalue weighted by atomic mass is 19.3. The van der Waals surface area contributed by atoms with Gasteiger partial charge in [-0.3, -0.25) is 9.07 Å². The van der Waals surface area contributed by atoms with E-state index >= 15 is 0 Å². The molecule has 0 amide bonds. The molecule has 0 saturated carbocycles. The molecule has 1 atom stereocenters. The van der Waals surface area contributed by atoms with E-state index in [0.717, 1.165) is 11.1 Å². The maximum Gasteiger partial charge on any atom is 0.257 e. The minimum atomic E-state index is -2.50. The van der Waals surface area contributed by atoms with E-state index in [1.807, 2.05) is 6.92 Å². The number of rotatable bonds is 9. The van der Waals surface area contributed by atoms with Gasteiger partial charge in [-0.1, -0.05) is 6.07 Å². The highest BCUT2D eigenvalue weighted by Crippen LogP contribution is 2.27. The predicted molar refractivity (Wildman–Crippen MR) is 113 cm³/mol. The SMILES string of the molecule is CC(Nc1ccn2ncc(-c3cnn(CC(F)F)c3)c2n1)c1cc(F)ccc1CCCF. The molecule has 0 saturated heterocycles. The number of benzene rings is 1. The number of hydrogen-bond donors (Lipinski definition) is 1. The largest absolute Gasteiger partial charge is 0.363 e. The van der Waals surface area contributed by atoms with Gasteiger partial charge in [0.2, 0.25) is 0 Å². The smallest absolute Gasteiger partial charge is 0.257 e. The molecule has 32 heavy (non-hydrogen) atoms. The predicted octanol–water partition coefficient (Wildman–Crippen LogP) is 5.07. The second-order valence-corrected chi connectivity index (χ2v) is 7.48. The zero-order valence-corrected chi connectivity index (χ0v) is 17.3. The van der Waals surface area contributed by atoms with Crippen LogP contribution in [0.25, 0.3) is 16.8 Å². The Morgan fingerprint density at radius 1 is 1.12 bits per heavy atom. The fourth-order valence-electron chi connectivity index (χ4n) is 3.65. The monoisotopic (exact) mass is 446 g/mol. The highest BCUT2D eigenvalue weighted by Gasteiger charge is 2.15. The van der Waals surface area contributed by atoms with E-state index < -0.39 is 19.6 Å². The minimum absolute atomic E-state index is 0.282. The number of aryl methyl sites for hydroxylation is 1. The number of aromatic nitrogens is 5. The van der Waals surface area contributed by atoms with Crippen LogP contribution in [0, 0.1) is 5.82 Å². The number of alkyl halides is 3. The van der Waals surface area contributed by atoms with Crippen LogP contribution in [0.5, 0.6) is 0 Å². The van der Waals surface area contributed by atoms with E-state index in [2.05, 4.69) is 20.5 Å². The Morgan fingerprint density at radius 3 is 2.75 bits per heavy atom. The van der Waals surface area contributed by atoms with Crippen LogP contribution >= 0.6 is 0 Å². The Kier molecular flexibility index (Phi) is 6.38. The molecule has 1 unspecified atom stereocenters. The summed E-state index contributed by atoms with van der Waals surface area (Å²) in [5, 5.41) is 11.5. The number of hydrogen-bond acceptors (Lipinski definition) is 4. The van der Waals surface area contributed by atoms with Gasteiger partial charge in [-0.2, -0.15) is 10.2 Å². The summed E-state index contributed by atoms with van der Waals surface area (Å²) in [5.41, 5.74) is 3.41. The van der Waals surface area contributed by atoms with Crippen molar-refractivity contribution in [3.05, 3.63) is 66.0 Å². The van der Waals surface area contributed by atoms with Crippen LogP contribution < -0.4 is 5.32 Å². The molecular weight excluding hydrogens is 424 g/mol. The van der Waals surface area contributed by atoms with Gasteiger partial charge in [-0.25, -0.2) is 22.7 Å². The van der Waals surface area contributed by atoms with Crippen molar-refractivity contribution in [3.63, 3.8) is 0 Å². The summed E-state index contributed by atoms with van der Waals surface area (Å²) in [4.78, 5) is 4.61. The first-order valence-electron chi connectivity index (χ1n) is 10.2. The maximum absolute atomic E-state index is 13.9. The Balaban J connectivity index is 1.60. The lowest BCUT2D eigenvalue weighted by Gasteiger charge is -2.19. The van der Waals surface area contributed by atoms with Gasteiger partial charge in [0.05, 0.1) is 25.1 Å². The summed E-state index contributed by atoms with van der Waals surface area (Å²) < 4.78 is 54.5. The van der Waals surface area contributed by atoms with Gasteiger partial charge in [0.15, 0.2) is 5.65 Å². The van der Waals surface area contributed by atoms with E-state index in [1.54, 1.807) is 29.0 Å². The van der Waals surface area contributed by atoms with Crippen molar-refractivity contribution in [3.8, 4) is 11.1 Å². The number of fused-ring (bicyclic) bond motifs is 1. The Bertz CT molecular complexity index is 1200. The molecule has 168 valence electrons. The average Bonchev–Trinajstić information content (AvgIpc) is 3.38. The first-order chi connectivity index (χ1) is 15.4. The molecule has 4 aromatic rings. The van der Waals surface area contributed by atoms with Crippen molar-refractivity contribution >= 4 is 11.5 Å². The van der Waals surface area contributed by atoms with E-state index in [0.29, 0.717) is 35.4 Å². The van der Waals surface area contributed by atoms with Gasteiger partial charge in [-0.15, -0.1) is 0 Å². The number of nitrogens with zero attached hydrogens (tertiary/aromatic N) is 5. The maximum atomic E-state index is 13.9. The van der Waals surface area contributed by atoms with Crippen molar-refractivity contribution in [1.82, 2.24) is 24.4 Å². The van der Waals surface area contributed by atoms with Crippen LogP contribution in [0.3, 0.4) is 0 Å². The average molecular weight is 446 g/mol. The number of halogens is 4. The van der Waals surface area contributed by atoms with E-state index in [4.69, 9.17) is 0 Å². The van der Waals surface area contributed by atoms with Gasteiger partial charge < -0.3 is 5.32 Å². The molecule has 0 spiro atoms. The Morgan fingerprint density at radius 2 is 1.97 bits per heavy atom. The van der Waals surface area contributed by atoms with Crippen molar-refractivity contribution in [2.24, 2.45) is 0 Å². The number of anilines is 1. The van der Waals surface area contributed by atoms with Gasteiger partial charge in [0.25, 0.3) is 6.43 Å². The zero-order chi connectivity index (χ0) is 22.7. The van der Waals surface area contributed by atoms with E-state index in [-0.39, 0.29) is 11.9 Å². The molecule has 0 bridgehead atoms. The summed E-state index contributed by atoms with van der Waals surface area (Å²) in [6, 6.07) is 5.96. The fraction of sp³-hybridized carbons (Fsp3) is 0.318. The molecular formula is C22H22F4N6. The van der Waals surface area contributed by atoms with Gasteiger partial charge in [0.1, 0.15) is 18.2 Å². The summed E-state index contributed by atoms with van der Waals surface area (Å²) >= 11 is 0. The second kappa shape index (κ2) is 9.37. The third kappa shape index (κ3) is 4.74. The molecule has 3 aromatic heterocycles. The second-order valence-electron chi connectivity index (χ2n) is 7.48. The first-order valence-corrected chi connectivity index (χ1v) is 10.2. The lowest BCUT2D eigenvalue weighted by molar-refractivity contribution is 0.122. The molecule has 0 radical (unpaired) electrons. The van der Waals surface area contributed by atoms with Crippen molar-refractivity contribution in [2.45, 2.75) is 38.8 Å². The normalized spacial score (nSPS) is 12.6. The summed E-state index contributed by atoms with van der Waals surface area (Å²) in [5.74, 6) is 0.173. The molecule has 1 N–H and O–H groups in total. The Hall–Kier alpha value is -3.43. The van der Waals surface area contributed by atoms with Crippen molar-refractivity contribution < 1.29 is 17.6 Å². The molecule has 3 heterocycles. The first kappa shape index (κ1) is 21.8. The molecule has 0 aliphatic rings. The quantitative estimate of drug-likeness (QED) is 0.365. The van der Waals surface area contributed by atoms with Crippen LogP contribution in [0.1, 0.15) is 30.5 Å². The van der Waals surface area contributed by atoms with Crippen LogP contribution in [0.2, 0.25) is 0 Å². The van der Waals surface area contributed by atoms with Crippen LogP contribution in [0.15, 0.2) is 49.1 Å². The fourth-order valence-corrected chi connectivity index (χ4v) is 3.65. The van der Waals surface area contributed by atoms with E-state index in [9.17, 15) is 17.6 Å². The molecule has 0 fully saturated rings. The standard InChI is InChI=1S/C22H22F4N6/c1-14(18-9-17(24)5-4-15(18)3-2-7-23)29-21-6-8-32-22(30-21)19(11-28-32)16-10-27-31(12-16)13-20(25)26/h4-6,8-12,14,20H,2-3,7,13H2,1H3,(H,29,30). The summed E-state index contributed by atoms with van der Waals surface area (Å²) in [6.45, 7) is 0.954. The molecule has 1 aromatic carbocycles. The van der Waals surface area contributed by atoms with Gasteiger partial charge in [0, 0.05) is 23.5 Å². The van der Waals surface area contributed by atoms with Crippen LogP contribution in [0.4, 0.5) is 23.4 Å². The van der Waals surface area contributed by atoms with E-state index in [1.165, 1.54) is 29.2 Å². The zero-order valence-electron chi connectivity index (χ0n) is 17.3. The minimum Gasteiger partial charge on any atom is -0.363 e. The molecule has 10 heteroatoms. The van der Waals surface area contributed by atoms with Crippen molar-refractivity contribution in [2.75, 3.05) is 12.0 Å². The summed E-state index contributed by atoms with van der Waals surface area (Å²) in [6.07, 6.45) is 4.72. The molecule has 0 aliphatic carbocycles. The molecule has 0 aliphatic heterocycles. The van der Waals surface area contributed by atoms with Crippen LogP contribution in [-0.4, -0.2) is 37.5 Å². The lowest BCUT2D eigenvalue weighted by atomic mass is 9.98. The topological polar surface area (TPSA) is 60.0 Å². The van der Waals surface area contributed by atoms with Crippen LogP contribution in [-0.2, 0) is 13.0 Å². The number of nitrogens with one attached hydrogen (secondary N) is 1. The highest BCUT2D eigenvalue weighted by molar-refractivity contribution is 5.76. The lowest BCUT2D eigenvalue weighted by Crippen LogP contribution is -2.11. The van der Waals surface area contributed by atoms with Gasteiger partial charge >= 0.3 is 0 Å². The van der Waals surface area contributed by atoms with Crippen molar-refractivity contribution in [1.29, 1.82) is 0 Å². The van der Waals surface area contributed by atoms with Gasteiger partial charge in [-0.05, 0) is 49.1 Å². The summed E-state index contributed by atoms with van der Waals surface area (Å²) in [7, 11) is 0. The molecule has 4 rings (SSSR count). The Labute approximate surface area is 181 Å². The third-order valence-corrected chi connectivity index (χ3v) is 5.16. The third-order valence-electron chi connectivity index (χ3n) is 5.16. The molecule has 6 nitrogen and oxygen atoms in total.